The summed E-state index contributed by atoms with van der Waals surface area (Å²) < 4.78 is 0.911. The van der Waals surface area contributed by atoms with Gasteiger partial charge in [0.05, 0.1) is 5.25 Å². The lowest BCUT2D eigenvalue weighted by Crippen LogP contribution is -2.33. The molecular weight excluding hydrogens is 338 g/mol. The van der Waals surface area contributed by atoms with Crippen LogP contribution in [0.2, 0.25) is 0 Å². The molecule has 1 amide bonds. The highest BCUT2D eigenvalue weighted by atomic mass is 32.2. The maximum Gasteiger partial charge on any atom is 0.294 e. The lowest BCUT2D eigenvalue weighted by Gasteiger charge is -2.14. The van der Waals surface area contributed by atoms with E-state index in [-0.39, 0.29) is 16.8 Å². The van der Waals surface area contributed by atoms with Crippen LogP contribution in [0.4, 0.5) is 5.69 Å². The van der Waals surface area contributed by atoms with E-state index in [0.717, 1.165) is 32.9 Å². The first-order valence-electron chi connectivity index (χ1n) is 7.64. The zero-order valence-electron chi connectivity index (χ0n) is 13.8. The number of aryl methyl sites for hydroxylation is 1. The molecule has 0 saturated carbocycles. The Bertz CT molecular complexity index is 996. The molecule has 7 nitrogen and oxygen atoms in total. The van der Waals surface area contributed by atoms with Gasteiger partial charge in [0.25, 0.3) is 5.56 Å². The molecule has 0 aliphatic carbocycles. The molecule has 0 aliphatic rings. The highest BCUT2D eigenvalue weighted by molar-refractivity contribution is 8.00. The first-order valence-corrected chi connectivity index (χ1v) is 8.52. The van der Waals surface area contributed by atoms with Crippen LogP contribution in [0, 0.1) is 6.92 Å². The summed E-state index contributed by atoms with van der Waals surface area (Å²) >= 11 is 1.08. The highest BCUT2D eigenvalue weighted by Crippen LogP contribution is 2.25. The number of amides is 1. The normalized spacial score (nSPS) is 12.1. The van der Waals surface area contributed by atoms with Gasteiger partial charge in [-0.25, -0.2) is 0 Å². The summed E-state index contributed by atoms with van der Waals surface area (Å²) in [6.07, 6.45) is 0. The predicted molar refractivity (Wildman–Crippen MR) is 99.1 cm³/mol. The Labute approximate surface area is 148 Å². The molecule has 0 unspecified atom stereocenters. The average Bonchev–Trinajstić information content (AvgIpc) is 2.62. The molecule has 8 heteroatoms. The van der Waals surface area contributed by atoms with Crippen molar-refractivity contribution in [2.75, 3.05) is 11.2 Å². The standard InChI is InChI=1S/C17H17N5O2S/c1-10-16(24)22(18)17(21-20-10)25-11(2)15(23)19-14-9-5-7-12-6-3-4-8-13(12)14/h3-9,11H,18H2,1-2H3,(H,19,23)/t11-/m1/s1. The van der Waals surface area contributed by atoms with Crippen molar-refractivity contribution < 1.29 is 4.79 Å². The van der Waals surface area contributed by atoms with E-state index < -0.39 is 10.8 Å². The van der Waals surface area contributed by atoms with Crippen LogP contribution in [0.15, 0.2) is 52.4 Å². The van der Waals surface area contributed by atoms with Crippen molar-refractivity contribution in [2.24, 2.45) is 0 Å². The van der Waals surface area contributed by atoms with E-state index in [1.807, 2.05) is 42.5 Å². The largest absolute Gasteiger partial charge is 0.334 e. The summed E-state index contributed by atoms with van der Waals surface area (Å²) in [6, 6.07) is 13.5. The first kappa shape index (κ1) is 17.0. The molecule has 0 aliphatic heterocycles. The smallest absolute Gasteiger partial charge is 0.294 e. The molecule has 0 spiro atoms. The number of carbonyl (C=O) groups is 1. The quantitative estimate of drug-likeness (QED) is 0.548. The number of thioether (sulfide) groups is 1. The fraction of sp³-hybridized carbons (Fsp3) is 0.176. The number of nitrogens with two attached hydrogens (primary N) is 1. The minimum absolute atomic E-state index is 0.191. The van der Waals surface area contributed by atoms with E-state index in [9.17, 15) is 9.59 Å². The predicted octanol–water partition coefficient (Wildman–Crippen LogP) is 1.93. The number of hydrogen-bond donors (Lipinski definition) is 2. The summed E-state index contributed by atoms with van der Waals surface area (Å²) in [5.41, 5.74) is 0.509. The fourth-order valence-corrected chi connectivity index (χ4v) is 3.10. The summed E-state index contributed by atoms with van der Waals surface area (Å²) in [5.74, 6) is 5.50. The third-order valence-electron chi connectivity index (χ3n) is 3.72. The van der Waals surface area contributed by atoms with Crippen molar-refractivity contribution in [3.8, 4) is 0 Å². The van der Waals surface area contributed by atoms with Gasteiger partial charge in [-0.05, 0) is 25.3 Å². The molecule has 0 bridgehead atoms. The Kier molecular flexibility index (Phi) is 4.71. The zero-order chi connectivity index (χ0) is 18.0. The van der Waals surface area contributed by atoms with Crippen LogP contribution >= 0.6 is 11.8 Å². The number of nitrogen functional groups attached to an aromatic ring is 1. The molecule has 3 rings (SSSR count). The number of benzene rings is 2. The number of carbonyl (C=O) groups excluding carboxylic acids is 1. The summed E-state index contributed by atoms with van der Waals surface area (Å²) in [6.45, 7) is 3.25. The van der Waals surface area contributed by atoms with Gasteiger partial charge in [-0.1, -0.05) is 48.2 Å². The van der Waals surface area contributed by atoms with Gasteiger partial charge in [0.2, 0.25) is 11.1 Å². The molecule has 3 aromatic rings. The van der Waals surface area contributed by atoms with Crippen molar-refractivity contribution in [2.45, 2.75) is 24.3 Å². The fourth-order valence-electron chi connectivity index (χ4n) is 2.33. The van der Waals surface area contributed by atoms with Crippen LogP contribution in [0.1, 0.15) is 12.6 Å². The maximum atomic E-state index is 12.5. The van der Waals surface area contributed by atoms with Crippen LogP contribution in [0.3, 0.4) is 0 Å². The first-order chi connectivity index (χ1) is 12.0. The maximum absolute atomic E-state index is 12.5. The molecule has 128 valence electrons. The number of rotatable bonds is 4. The van der Waals surface area contributed by atoms with Crippen molar-refractivity contribution in [3.05, 3.63) is 58.5 Å². The Morgan fingerprint density at radius 1 is 1.20 bits per heavy atom. The summed E-state index contributed by atoms with van der Waals surface area (Å²) in [5, 5.41) is 12.2. The van der Waals surface area contributed by atoms with Gasteiger partial charge < -0.3 is 11.2 Å². The zero-order valence-corrected chi connectivity index (χ0v) is 14.6. The Morgan fingerprint density at radius 2 is 1.92 bits per heavy atom. The van der Waals surface area contributed by atoms with Crippen LogP contribution < -0.4 is 16.7 Å². The Hall–Kier alpha value is -2.87. The van der Waals surface area contributed by atoms with Gasteiger partial charge in [-0.15, -0.1) is 10.2 Å². The number of fused-ring (bicyclic) bond motifs is 1. The topological polar surface area (TPSA) is 103 Å². The average molecular weight is 355 g/mol. The summed E-state index contributed by atoms with van der Waals surface area (Å²) in [4.78, 5) is 24.3. The molecule has 1 atom stereocenters. The lowest BCUT2D eigenvalue weighted by atomic mass is 10.1. The number of hydrogen-bond acceptors (Lipinski definition) is 6. The van der Waals surface area contributed by atoms with E-state index >= 15 is 0 Å². The van der Waals surface area contributed by atoms with Crippen molar-refractivity contribution >= 4 is 34.1 Å². The molecular formula is C17H17N5O2S. The molecule has 25 heavy (non-hydrogen) atoms. The molecule has 0 fully saturated rings. The monoisotopic (exact) mass is 355 g/mol. The minimum atomic E-state index is -0.509. The van der Waals surface area contributed by atoms with E-state index in [1.54, 1.807) is 6.92 Å². The van der Waals surface area contributed by atoms with Crippen LogP contribution in [0.5, 0.6) is 0 Å². The van der Waals surface area contributed by atoms with Crippen LogP contribution in [0.25, 0.3) is 10.8 Å². The van der Waals surface area contributed by atoms with Gasteiger partial charge in [0, 0.05) is 11.1 Å². The van der Waals surface area contributed by atoms with Crippen molar-refractivity contribution in [3.63, 3.8) is 0 Å². The second-order valence-corrected chi connectivity index (χ2v) is 6.83. The Balaban J connectivity index is 1.79. The molecule has 1 aromatic heterocycles. The molecule has 0 saturated heterocycles. The number of nitrogens with one attached hydrogen (secondary N) is 1. The number of anilines is 1. The van der Waals surface area contributed by atoms with Crippen LogP contribution in [-0.2, 0) is 4.79 Å². The van der Waals surface area contributed by atoms with Gasteiger partial charge in [0.15, 0.2) is 0 Å². The minimum Gasteiger partial charge on any atom is -0.334 e. The van der Waals surface area contributed by atoms with Gasteiger partial charge in [-0.2, -0.15) is 4.68 Å². The second kappa shape index (κ2) is 6.94. The van der Waals surface area contributed by atoms with Crippen LogP contribution in [-0.4, -0.2) is 26.0 Å². The van der Waals surface area contributed by atoms with E-state index in [4.69, 9.17) is 5.84 Å². The number of nitrogens with zero attached hydrogens (tertiary/aromatic N) is 3. The van der Waals surface area contributed by atoms with E-state index in [2.05, 4.69) is 15.5 Å². The highest BCUT2D eigenvalue weighted by Gasteiger charge is 2.19. The van der Waals surface area contributed by atoms with E-state index in [1.165, 1.54) is 6.92 Å². The molecule has 2 aromatic carbocycles. The van der Waals surface area contributed by atoms with Crippen molar-refractivity contribution in [1.29, 1.82) is 0 Å². The van der Waals surface area contributed by atoms with E-state index in [0.29, 0.717) is 0 Å². The SMILES string of the molecule is Cc1nnc(S[C@H](C)C(=O)Nc2cccc3ccccc23)n(N)c1=O. The third-order valence-corrected chi connectivity index (χ3v) is 4.78. The van der Waals surface area contributed by atoms with Gasteiger partial charge in [-0.3, -0.25) is 9.59 Å². The van der Waals surface area contributed by atoms with Gasteiger partial charge >= 0.3 is 0 Å². The molecule has 3 N–H and O–H groups in total. The lowest BCUT2D eigenvalue weighted by molar-refractivity contribution is -0.115. The van der Waals surface area contributed by atoms with Gasteiger partial charge in [0.1, 0.15) is 5.69 Å². The Morgan fingerprint density at radius 3 is 2.72 bits per heavy atom. The third kappa shape index (κ3) is 3.48. The summed E-state index contributed by atoms with van der Waals surface area (Å²) in [7, 11) is 0. The van der Waals surface area contributed by atoms with Crippen molar-refractivity contribution in [1.82, 2.24) is 14.9 Å². The molecule has 0 radical (unpaired) electrons. The number of aromatic nitrogens is 3. The molecule has 1 heterocycles. The second-order valence-electron chi connectivity index (χ2n) is 5.52.